The van der Waals surface area contributed by atoms with E-state index in [1.807, 2.05) is 6.92 Å². The Morgan fingerprint density at radius 2 is 2.14 bits per heavy atom. The van der Waals surface area contributed by atoms with Crippen LogP contribution in [0.1, 0.15) is 38.2 Å². The van der Waals surface area contributed by atoms with Gasteiger partial charge in [-0.3, -0.25) is 4.79 Å². The number of amides is 1. The van der Waals surface area contributed by atoms with Crippen LogP contribution in [-0.4, -0.2) is 27.6 Å². The van der Waals surface area contributed by atoms with Crippen molar-refractivity contribution in [1.29, 1.82) is 0 Å². The maximum atomic E-state index is 12.2. The van der Waals surface area contributed by atoms with E-state index >= 15 is 0 Å². The van der Waals surface area contributed by atoms with Crippen molar-refractivity contribution in [3.05, 3.63) is 29.8 Å². The second kappa shape index (κ2) is 6.16. The van der Waals surface area contributed by atoms with E-state index in [1.54, 1.807) is 12.1 Å². The Bertz CT molecular complexity index is 543. The molecule has 21 heavy (non-hydrogen) atoms. The number of benzene rings is 1. The van der Waals surface area contributed by atoms with Crippen molar-refractivity contribution in [2.45, 2.75) is 44.6 Å². The highest BCUT2D eigenvalue weighted by Crippen LogP contribution is 2.34. The average Bonchev–Trinajstić information content (AvgIpc) is 2.41. The highest BCUT2D eigenvalue weighted by Gasteiger charge is 2.46. The highest BCUT2D eigenvalue weighted by atomic mass is 16.4. The van der Waals surface area contributed by atoms with Gasteiger partial charge in [0.25, 0.3) is 0 Å². The Hall–Kier alpha value is -2.04. The van der Waals surface area contributed by atoms with Crippen molar-refractivity contribution < 1.29 is 19.8 Å². The third-order valence-electron chi connectivity index (χ3n) is 4.32. The van der Waals surface area contributed by atoms with E-state index in [-0.39, 0.29) is 24.0 Å². The fourth-order valence-electron chi connectivity index (χ4n) is 3.05. The van der Waals surface area contributed by atoms with Crippen LogP contribution in [0.25, 0.3) is 0 Å². The lowest BCUT2D eigenvalue weighted by molar-refractivity contribution is -0.151. The molecule has 5 heteroatoms. The first-order valence-electron chi connectivity index (χ1n) is 7.26. The van der Waals surface area contributed by atoms with Crippen LogP contribution in [0.2, 0.25) is 0 Å². The molecule has 0 aromatic heterocycles. The molecule has 114 valence electrons. The quantitative estimate of drug-likeness (QED) is 0.792. The fraction of sp³-hybridized carbons (Fsp3) is 0.500. The molecular weight excluding hydrogens is 270 g/mol. The zero-order valence-electron chi connectivity index (χ0n) is 12.1. The van der Waals surface area contributed by atoms with Crippen molar-refractivity contribution in [2.75, 3.05) is 0 Å². The molecule has 1 fully saturated rings. The number of carbonyl (C=O) groups excluding carboxylic acids is 1. The first-order chi connectivity index (χ1) is 9.94. The second-order valence-electron chi connectivity index (χ2n) is 5.82. The number of carbonyl (C=O) groups is 2. The minimum atomic E-state index is -1.16. The summed E-state index contributed by atoms with van der Waals surface area (Å²) in [4.78, 5) is 23.9. The number of phenols is 1. The van der Waals surface area contributed by atoms with E-state index in [2.05, 4.69) is 5.32 Å². The predicted molar refractivity (Wildman–Crippen MR) is 78.0 cm³/mol. The van der Waals surface area contributed by atoms with Crippen LogP contribution in [-0.2, 0) is 16.0 Å². The molecule has 0 heterocycles. The van der Waals surface area contributed by atoms with Gasteiger partial charge in [0.15, 0.2) is 0 Å². The second-order valence-corrected chi connectivity index (χ2v) is 5.82. The van der Waals surface area contributed by atoms with Gasteiger partial charge in [0, 0.05) is 0 Å². The molecule has 1 amide bonds. The standard InChI is InChI=1S/C16H21NO4/c1-11-5-2-3-8-16(11,15(20)21)17-14(19)10-12-6-4-7-13(18)9-12/h4,6-7,9,11,18H,2-3,5,8,10H2,1H3,(H,17,19)(H,20,21). The number of hydrogen-bond donors (Lipinski definition) is 3. The Morgan fingerprint density at radius 1 is 1.38 bits per heavy atom. The third-order valence-corrected chi connectivity index (χ3v) is 4.32. The summed E-state index contributed by atoms with van der Waals surface area (Å²) in [6.07, 6.45) is 3.14. The molecule has 0 aliphatic heterocycles. The van der Waals surface area contributed by atoms with Gasteiger partial charge in [-0.1, -0.05) is 31.9 Å². The largest absolute Gasteiger partial charge is 0.508 e. The van der Waals surface area contributed by atoms with Gasteiger partial charge in [0.1, 0.15) is 11.3 Å². The summed E-state index contributed by atoms with van der Waals surface area (Å²) >= 11 is 0. The molecule has 0 saturated heterocycles. The Kier molecular flexibility index (Phi) is 4.50. The van der Waals surface area contributed by atoms with Crippen LogP contribution >= 0.6 is 0 Å². The number of hydrogen-bond acceptors (Lipinski definition) is 3. The molecule has 0 radical (unpaired) electrons. The first kappa shape index (κ1) is 15.4. The SMILES string of the molecule is CC1CCCCC1(NC(=O)Cc1cccc(O)c1)C(=O)O. The van der Waals surface area contributed by atoms with Crippen molar-refractivity contribution in [1.82, 2.24) is 5.32 Å². The lowest BCUT2D eigenvalue weighted by Gasteiger charge is -2.39. The summed E-state index contributed by atoms with van der Waals surface area (Å²) < 4.78 is 0. The van der Waals surface area contributed by atoms with Crippen LogP contribution in [0, 0.1) is 5.92 Å². The van der Waals surface area contributed by atoms with Crippen LogP contribution in [0.15, 0.2) is 24.3 Å². The summed E-state index contributed by atoms with van der Waals surface area (Å²) in [6, 6.07) is 6.44. The van der Waals surface area contributed by atoms with Crippen molar-refractivity contribution in [2.24, 2.45) is 5.92 Å². The first-order valence-corrected chi connectivity index (χ1v) is 7.26. The zero-order valence-corrected chi connectivity index (χ0v) is 12.1. The molecular formula is C16H21NO4. The molecule has 2 rings (SSSR count). The maximum absolute atomic E-state index is 12.2. The van der Waals surface area contributed by atoms with E-state index in [9.17, 15) is 19.8 Å². The minimum absolute atomic E-state index is 0.0656. The summed E-state index contributed by atoms with van der Waals surface area (Å²) in [5.41, 5.74) is -0.497. The number of nitrogens with one attached hydrogen (secondary N) is 1. The molecule has 1 aromatic rings. The van der Waals surface area contributed by atoms with Crippen molar-refractivity contribution >= 4 is 11.9 Å². The molecule has 1 aromatic carbocycles. The van der Waals surface area contributed by atoms with Crippen LogP contribution in [0.3, 0.4) is 0 Å². The van der Waals surface area contributed by atoms with Crippen LogP contribution < -0.4 is 5.32 Å². The predicted octanol–water partition coefficient (Wildman–Crippen LogP) is 2.08. The lowest BCUT2D eigenvalue weighted by Crippen LogP contribution is -2.60. The van der Waals surface area contributed by atoms with Gasteiger partial charge in [0.2, 0.25) is 5.91 Å². The molecule has 3 N–H and O–H groups in total. The number of phenolic OH excluding ortho intramolecular Hbond substituents is 1. The Morgan fingerprint density at radius 3 is 2.76 bits per heavy atom. The number of aromatic hydroxyl groups is 1. The van der Waals surface area contributed by atoms with E-state index in [1.165, 1.54) is 12.1 Å². The summed E-state index contributed by atoms with van der Waals surface area (Å²) in [5, 5.41) is 21.7. The number of carboxylic acids is 1. The van der Waals surface area contributed by atoms with Crippen LogP contribution in [0.4, 0.5) is 0 Å². The van der Waals surface area contributed by atoms with E-state index < -0.39 is 11.5 Å². The summed E-state index contributed by atoms with van der Waals surface area (Å²) in [7, 11) is 0. The van der Waals surface area contributed by atoms with E-state index in [4.69, 9.17) is 0 Å². The van der Waals surface area contributed by atoms with Crippen molar-refractivity contribution in [3.63, 3.8) is 0 Å². The number of carboxylic acid groups (broad SMARTS) is 1. The van der Waals surface area contributed by atoms with Crippen molar-refractivity contribution in [3.8, 4) is 5.75 Å². The zero-order chi connectivity index (χ0) is 15.5. The van der Waals surface area contributed by atoms with Gasteiger partial charge in [-0.2, -0.15) is 0 Å². The normalized spacial score (nSPS) is 25.3. The topological polar surface area (TPSA) is 86.6 Å². The summed E-state index contributed by atoms with van der Waals surface area (Å²) in [6.45, 7) is 1.88. The molecule has 0 bridgehead atoms. The van der Waals surface area contributed by atoms with E-state index in [0.29, 0.717) is 12.0 Å². The van der Waals surface area contributed by atoms with Gasteiger partial charge < -0.3 is 15.5 Å². The fourth-order valence-corrected chi connectivity index (χ4v) is 3.05. The number of aliphatic carboxylic acids is 1. The smallest absolute Gasteiger partial charge is 0.329 e. The number of rotatable bonds is 4. The molecule has 2 atom stereocenters. The van der Waals surface area contributed by atoms with Crippen LogP contribution in [0.5, 0.6) is 5.75 Å². The summed E-state index contributed by atoms with van der Waals surface area (Å²) in [5.74, 6) is -1.27. The highest BCUT2D eigenvalue weighted by molar-refractivity contribution is 5.88. The van der Waals surface area contributed by atoms with Gasteiger partial charge >= 0.3 is 5.97 Å². The molecule has 1 saturated carbocycles. The van der Waals surface area contributed by atoms with Gasteiger partial charge in [-0.25, -0.2) is 4.79 Å². The lowest BCUT2D eigenvalue weighted by atomic mass is 9.73. The maximum Gasteiger partial charge on any atom is 0.329 e. The molecule has 0 spiro atoms. The molecule has 1 aliphatic rings. The van der Waals surface area contributed by atoms with Gasteiger partial charge in [-0.05, 0) is 36.5 Å². The monoisotopic (exact) mass is 291 g/mol. The minimum Gasteiger partial charge on any atom is -0.508 e. The Balaban J connectivity index is 2.10. The molecule has 1 aliphatic carbocycles. The Labute approximate surface area is 124 Å². The van der Waals surface area contributed by atoms with Gasteiger partial charge in [0.05, 0.1) is 6.42 Å². The third kappa shape index (κ3) is 3.35. The molecule has 2 unspecified atom stereocenters. The van der Waals surface area contributed by atoms with Gasteiger partial charge in [-0.15, -0.1) is 0 Å². The van der Waals surface area contributed by atoms with E-state index in [0.717, 1.165) is 19.3 Å². The average molecular weight is 291 g/mol. The molecule has 5 nitrogen and oxygen atoms in total.